The number of aromatic nitrogens is 4. The van der Waals surface area contributed by atoms with Crippen molar-refractivity contribution in [3.8, 4) is 34.1 Å². The average molecular weight is 454 g/mol. The Morgan fingerprint density at radius 3 is 2.29 bits per heavy atom. The summed E-state index contributed by atoms with van der Waals surface area (Å²) in [7, 11) is 3.23. The standard InChI is InChI=1S/C21H19N5O3S2/c1-28-15-7-3-13(4-8-15)17-12-31-20(22-17)23-18(27)11-26-19(24-25-21(26)30)14-5-9-16(29-2)10-6-14/h3-10,12H,11H2,1-2H3,(H,25,30)(H,22,23,27). The third-order valence-electron chi connectivity index (χ3n) is 4.54. The van der Waals surface area contributed by atoms with Crippen LogP contribution in [-0.4, -0.2) is 39.9 Å². The van der Waals surface area contributed by atoms with Gasteiger partial charge >= 0.3 is 0 Å². The van der Waals surface area contributed by atoms with Crippen LogP contribution in [0.15, 0.2) is 53.9 Å². The molecular weight excluding hydrogens is 434 g/mol. The number of thiazole rings is 1. The van der Waals surface area contributed by atoms with Crippen LogP contribution in [0.25, 0.3) is 22.6 Å². The van der Waals surface area contributed by atoms with Crippen molar-refractivity contribution in [1.82, 2.24) is 19.7 Å². The molecule has 0 radical (unpaired) electrons. The van der Waals surface area contributed by atoms with Gasteiger partial charge in [-0.2, -0.15) is 5.10 Å². The summed E-state index contributed by atoms with van der Waals surface area (Å²) in [5, 5.41) is 12.2. The highest BCUT2D eigenvalue weighted by Gasteiger charge is 2.14. The van der Waals surface area contributed by atoms with Gasteiger partial charge in [0.1, 0.15) is 18.0 Å². The number of hydrogen-bond donors (Lipinski definition) is 2. The number of benzene rings is 2. The number of methoxy groups -OCH3 is 2. The second-order valence-corrected chi connectivity index (χ2v) is 7.73. The lowest BCUT2D eigenvalue weighted by atomic mass is 10.2. The van der Waals surface area contributed by atoms with E-state index in [9.17, 15) is 4.79 Å². The molecule has 0 fully saturated rings. The molecule has 0 aliphatic heterocycles. The van der Waals surface area contributed by atoms with Crippen LogP contribution >= 0.6 is 23.6 Å². The molecule has 0 atom stereocenters. The molecule has 10 heteroatoms. The summed E-state index contributed by atoms with van der Waals surface area (Å²) in [4.78, 5) is 17.2. The van der Waals surface area contributed by atoms with E-state index < -0.39 is 0 Å². The molecule has 31 heavy (non-hydrogen) atoms. The molecule has 0 aliphatic carbocycles. The van der Waals surface area contributed by atoms with E-state index in [4.69, 9.17) is 21.7 Å². The van der Waals surface area contributed by atoms with Crippen LogP contribution < -0.4 is 14.8 Å². The molecular formula is C21H19N5O3S2. The minimum Gasteiger partial charge on any atom is -0.497 e. The van der Waals surface area contributed by atoms with Gasteiger partial charge < -0.3 is 14.8 Å². The molecule has 158 valence electrons. The van der Waals surface area contributed by atoms with Gasteiger partial charge in [0.2, 0.25) is 5.91 Å². The van der Waals surface area contributed by atoms with Gasteiger partial charge in [0.25, 0.3) is 0 Å². The lowest BCUT2D eigenvalue weighted by Gasteiger charge is -2.07. The summed E-state index contributed by atoms with van der Waals surface area (Å²) in [6, 6.07) is 15.0. The van der Waals surface area contributed by atoms with Gasteiger partial charge in [0, 0.05) is 16.5 Å². The third kappa shape index (κ3) is 4.65. The van der Waals surface area contributed by atoms with Crippen molar-refractivity contribution in [2.75, 3.05) is 19.5 Å². The van der Waals surface area contributed by atoms with Crippen LogP contribution in [0.1, 0.15) is 0 Å². The number of anilines is 1. The van der Waals surface area contributed by atoms with Crippen molar-refractivity contribution >= 4 is 34.6 Å². The summed E-state index contributed by atoms with van der Waals surface area (Å²) < 4.78 is 12.4. The maximum Gasteiger partial charge on any atom is 0.246 e. The van der Waals surface area contributed by atoms with Crippen molar-refractivity contribution in [2.45, 2.75) is 6.54 Å². The molecule has 4 rings (SSSR count). The van der Waals surface area contributed by atoms with Crippen molar-refractivity contribution in [3.05, 3.63) is 58.7 Å². The highest BCUT2D eigenvalue weighted by molar-refractivity contribution is 7.71. The second kappa shape index (κ2) is 9.11. The van der Waals surface area contributed by atoms with E-state index in [-0.39, 0.29) is 12.5 Å². The number of H-pyrrole nitrogens is 1. The molecule has 0 unspecified atom stereocenters. The fourth-order valence-corrected chi connectivity index (χ4v) is 3.89. The summed E-state index contributed by atoms with van der Waals surface area (Å²) >= 11 is 6.67. The highest BCUT2D eigenvalue weighted by atomic mass is 32.1. The molecule has 8 nitrogen and oxygen atoms in total. The zero-order chi connectivity index (χ0) is 21.8. The number of hydrogen-bond acceptors (Lipinski definition) is 7. The number of amides is 1. The Morgan fingerprint density at radius 1 is 1.06 bits per heavy atom. The van der Waals surface area contributed by atoms with Gasteiger partial charge in [-0.05, 0) is 60.7 Å². The molecule has 4 aromatic rings. The Labute approximate surface area is 187 Å². The smallest absolute Gasteiger partial charge is 0.246 e. The molecule has 0 spiro atoms. The highest BCUT2D eigenvalue weighted by Crippen LogP contribution is 2.27. The van der Waals surface area contributed by atoms with E-state index in [0.29, 0.717) is 15.7 Å². The van der Waals surface area contributed by atoms with Crippen LogP contribution in [0.3, 0.4) is 0 Å². The first-order chi connectivity index (χ1) is 15.1. The number of aromatic amines is 1. The largest absolute Gasteiger partial charge is 0.497 e. The Bertz CT molecular complexity index is 1240. The Hall–Kier alpha value is -3.50. The van der Waals surface area contributed by atoms with E-state index in [1.807, 2.05) is 53.9 Å². The van der Waals surface area contributed by atoms with Crippen LogP contribution in [0, 0.1) is 4.77 Å². The first kappa shape index (κ1) is 20.8. The Morgan fingerprint density at radius 2 is 1.68 bits per heavy atom. The fraction of sp³-hybridized carbons (Fsp3) is 0.143. The number of nitrogens with zero attached hydrogens (tertiary/aromatic N) is 3. The van der Waals surface area contributed by atoms with Crippen molar-refractivity contribution < 1.29 is 14.3 Å². The second-order valence-electron chi connectivity index (χ2n) is 6.48. The average Bonchev–Trinajstić information content (AvgIpc) is 3.41. The number of carbonyl (C=O) groups excluding carboxylic acids is 1. The molecule has 2 N–H and O–H groups in total. The summed E-state index contributed by atoms with van der Waals surface area (Å²) in [6.07, 6.45) is 0. The number of nitrogens with one attached hydrogen (secondary N) is 2. The number of carbonyl (C=O) groups is 1. The molecule has 0 saturated carbocycles. The zero-order valence-corrected chi connectivity index (χ0v) is 18.4. The topological polar surface area (TPSA) is 94.1 Å². The van der Waals surface area contributed by atoms with Gasteiger partial charge in [-0.3, -0.25) is 14.5 Å². The fourth-order valence-electron chi connectivity index (χ4n) is 2.95. The van der Waals surface area contributed by atoms with E-state index in [1.54, 1.807) is 18.8 Å². The lowest BCUT2D eigenvalue weighted by molar-refractivity contribution is -0.116. The lowest BCUT2D eigenvalue weighted by Crippen LogP contribution is -2.19. The van der Waals surface area contributed by atoms with Gasteiger partial charge in [0.05, 0.1) is 19.9 Å². The van der Waals surface area contributed by atoms with Crippen LogP contribution in [0.5, 0.6) is 11.5 Å². The van der Waals surface area contributed by atoms with Gasteiger partial charge in [-0.1, -0.05) is 0 Å². The van der Waals surface area contributed by atoms with Gasteiger partial charge in [-0.15, -0.1) is 11.3 Å². The summed E-state index contributed by atoms with van der Waals surface area (Å²) in [5.74, 6) is 1.83. The van der Waals surface area contributed by atoms with Crippen molar-refractivity contribution in [2.24, 2.45) is 0 Å². The minimum atomic E-state index is -0.247. The molecule has 1 amide bonds. The molecule has 0 saturated heterocycles. The Kier molecular flexibility index (Phi) is 6.10. The maximum atomic E-state index is 12.7. The number of rotatable bonds is 7. The van der Waals surface area contributed by atoms with Crippen molar-refractivity contribution in [1.29, 1.82) is 0 Å². The predicted molar refractivity (Wildman–Crippen MR) is 122 cm³/mol. The van der Waals surface area contributed by atoms with Crippen LogP contribution in [-0.2, 0) is 11.3 Å². The maximum absolute atomic E-state index is 12.7. The molecule has 0 bridgehead atoms. The summed E-state index contributed by atoms with van der Waals surface area (Å²) in [5.41, 5.74) is 2.54. The number of ether oxygens (including phenoxy) is 2. The third-order valence-corrected chi connectivity index (χ3v) is 5.61. The van der Waals surface area contributed by atoms with E-state index in [2.05, 4.69) is 20.5 Å². The van der Waals surface area contributed by atoms with Crippen LogP contribution in [0.4, 0.5) is 5.13 Å². The minimum absolute atomic E-state index is 0.00808. The first-order valence-electron chi connectivity index (χ1n) is 9.27. The molecule has 2 aromatic heterocycles. The molecule has 2 heterocycles. The first-order valence-corrected chi connectivity index (χ1v) is 10.6. The van der Waals surface area contributed by atoms with Crippen molar-refractivity contribution in [3.63, 3.8) is 0 Å². The van der Waals surface area contributed by atoms with Crippen LogP contribution in [0.2, 0.25) is 0 Å². The SMILES string of the molecule is COc1ccc(-c2csc(NC(=O)Cn3c(-c4ccc(OC)cc4)n[nH]c3=S)n2)cc1. The quantitative estimate of drug-likeness (QED) is 0.403. The normalized spacial score (nSPS) is 10.6. The summed E-state index contributed by atoms with van der Waals surface area (Å²) in [6.45, 7) is 0.00808. The van der Waals surface area contributed by atoms with E-state index in [0.717, 1.165) is 28.3 Å². The zero-order valence-electron chi connectivity index (χ0n) is 16.8. The Balaban J connectivity index is 1.47. The monoisotopic (exact) mass is 453 g/mol. The van der Waals surface area contributed by atoms with Gasteiger partial charge in [-0.25, -0.2) is 4.98 Å². The van der Waals surface area contributed by atoms with E-state index in [1.165, 1.54) is 11.3 Å². The van der Waals surface area contributed by atoms with E-state index >= 15 is 0 Å². The molecule has 0 aliphatic rings. The predicted octanol–water partition coefficient (Wildman–Crippen LogP) is 4.39. The van der Waals surface area contributed by atoms with Gasteiger partial charge in [0.15, 0.2) is 15.7 Å². The molecule has 2 aromatic carbocycles.